The van der Waals surface area contributed by atoms with Crippen LogP contribution in [0.15, 0.2) is 78.9 Å². The molecule has 1 aromatic heterocycles. The minimum absolute atomic E-state index is 0.0178. The number of halogens is 1. The maximum Gasteiger partial charge on any atom is 0.335 e. The summed E-state index contributed by atoms with van der Waals surface area (Å²) in [5.41, 5.74) is 4.30. The van der Waals surface area contributed by atoms with E-state index < -0.39 is 48.2 Å². The number of aliphatic carboxylic acids is 1. The van der Waals surface area contributed by atoms with Gasteiger partial charge in [0.2, 0.25) is 6.29 Å². The molecule has 1 aliphatic carbocycles. The average Bonchev–Trinajstić information content (AvgIpc) is 3.89. The number of aryl methyl sites for hydroxylation is 1. The number of ether oxygens (including phenoxy) is 2. The molecule has 280 valence electrons. The predicted octanol–water partition coefficient (Wildman–Crippen LogP) is 6.30. The van der Waals surface area contributed by atoms with Gasteiger partial charge < -0.3 is 35.0 Å². The highest BCUT2D eigenvalue weighted by molar-refractivity contribution is 7.99. The first-order valence-electron chi connectivity index (χ1n) is 17.6. The van der Waals surface area contributed by atoms with Crippen molar-refractivity contribution in [1.82, 2.24) is 4.98 Å². The van der Waals surface area contributed by atoms with Crippen LogP contribution in [-0.4, -0.2) is 78.9 Å². The number of carboxylic acids is 1. The van der Waals surface area contributed by atoms with E-state index in [1.54, 1.807) is 25.6 Å². The summed E-state index contributed by atoms with van der Waals surface area (Å²) in [6.45, 7) is 3.57. The predicted molar refractivity (Wildman–Crippen MR) is 204 cm³/mol. The molecule has 4 aromatic rings. The molecule has 2 aliphatic rings. The van der Waals surface area contributed by atoms with Crippen molar-refractivity contribution in [2.24, 2.45) is 5.41 Å². The number of benzene rings is 3. The number of aromatic nitrogens is 1. The number of nitrogens with zero attached hydrogens (tertiary/aromatic N) is 1. The Hall–Kier alpha value is -3.81. The van der Waals surface area contributed by atoms with Crippen LogP contribution in [0.3, 0.4) is 0 Å². The number of carboxylic acid groups (broad SMARTS) is 1. The van der Waals surface area contributed by atoms with E-state index in [9.17, 15) is 35.1 Å². The molecule has 3 aromatic carbocycles. The molecule has 6 atom stereocenters. The van der Waals surface area contributed by atoms with Crippen LogP contribution < -0.4 is 0 Å². The summed E-state index contributed by atoms with van der Waals surface area (Å²) in [4.78, 5) is 29.3. The summed E-state index contributed by atoms with van der Waals surface area (Å²) in [6, 6.07) is 25.8. The molecular formula is C41H44ClNO9S. The Balaban J connectivity index is 1.18. The van der Waals surface area contributed by atoms with E-state index >= 15 is 0 Å². The van der Waals surface area contributed by atoms with Crippen LogP contribution >= 0.6 is 23.4 Å². The maximum absolute atomic E-state index is 13.1. The number of hydrogen-bond acceptors (Lipinski definition) is 10. The van der Waals surface area contributed by atoms with Crippen molar-refractivity contribution >= 4 is 58.4 Å². The molecule has 2 fully saturated rings. The van der Waals surface area contributed by atoms with Crippen LogP contribution in [0.5, 0.6) is 0 Å². The van der Waals surface area contributed by atoms with Crippen LogP contribution in [0, 0.1) is 5.41 Å². The van der Waals surface area contributed by atoms with E-state index in [1.165, 1.54) is 0 Å². The van der Waals surface area contributed by atoms with E-state index in [-0.39, 0.29) is 17.1 Å². The number of esters is 1. The zero-order valence-corrected chi connectivity index (χ0v) is 31.0. The third-order valence-corrected chi connectivity index (χ3v) is 11.8. The van der Waals surface area contributed by atoms with Gasteiger partial charge in [-0.25, -0.2) is 9.78 Å². The Labute approximate surface area is 317 Å². The number of aliphatic hydroxyl groups is 4. The van der Waals surface area contributed by atoms with Crippen molar-refractivity contribution in [3.05, 3.63) is 112 Å². The van der Waals surface area contributed by atoms with E-state index in [4.69, 9.17) is 26.1 Å². The van der Waals surface area contributed by atoms with E-state index in [2.05, 4.69) is 12.1 Å². The molecule has 2 heterocycles. The molecular weight excluding hydrogens is 718 g/mol. The summed E-state index contributed by atoms with van der Waals surface area (Å²) >= 11 is 7.94. The lowest BCUT2D eigenvalue weighted by Gasteiger charge is -2.38. The summed E-state index contributed by atoms with van der Waals surface area (Å²) in [5, 5.41) is 52.3. The van der Waals surface area contributed by atoms with Crippen molar-refractivity contribution < 1.29 is 44.6 Å². The van der Waals surface area contributed by atoms with Gasteiger partial charge in [-0.2, -0.15) is 11.8 Å². The molecule has 0 unspecified atom stereocenters. The van der Waals surface area contributed by atoms with E-state index in [0.717, 1.165) is 58.1 Å². The van der Waals surface area contributed by atoms with Crippen molar-refractivity contribution in [1.29, 1.82) is 0 Å². The molecule has 1 aliphatic heterocycles. The SMILES string of the molecule is CC(C)(O)c1ccccc1CC[C@@H](SCC1(CC(=O)O[C@@H]2O[C@H](C(=O)O)[C@@H](O)[C@H](O)[C@H]2O)CC1)c1cccc(/C=C/c2ccc3ccc(Cl)cc3n2)c1. The van der Waals surface area contributed by atoms with E-state index in [1.807, 2.05) is 78.9 Å². The highest BCUT2D eigenvalue weighted by Gasteiger charge is 2.50. The Morgan fingerprint density at radius 1 is 1.00 bits per heavy atom. The number of rotatable bonds is 14. The van der Waals surface area contributed by atoms with Crippen LogP contribution in [0.1, 0.15) is 72.7 Å². The first kappa shape index (κ1) is 38.9. The lowest BCUT2D eigenvalue weighted by atomic mass is 9.90. The quantitative estimate of drug-likeness (QED) is 0.0916. The van der Waals surface area contributed by atoms with E-state index in [0.29, 0.717) is 17.2 Å². The van der Waals surface area contributed by atoms with Gasteiger partial charge in [-0.05, 0) is 91.5 Å². The van der Waals surface area contributed by atoms with Crippen LogP contribution in [0.4, 0.5) is 0 Å². The highest BCUT2D eigenvalue weighted by Crippen LogP contribution is 2.53. The highest BCUT2D eigenvalue weighted by atomic mass is 35.5. The van der Waals surface area contributed by atoms with Gasteiger partial charge in [0.25, 0.3) is 0 Å². The van der Waals surface area contributed by atoms with Crippen molar-refractivity contribution in [2.45, 2.75) is 87.5 Å². The second-order valence-electron chi connectivity index (χ2n) is 14.5. The zero-order chi connectivity index (χ0) is 37.9. The van der Waals surface area contributed by atoms with Gasteiger partial charge in [0, 0.05) is 21.4 Å². The number of aliphatic hydroxyl groups excluding tert-OH is 3. The van der Waals surface area contributed by atoms with Crippen LogP contribution in [-0.2, 0) is 31.1 Å². The fraction of sp³-hybridized carbons (Fsp3) is 0.390. The molecule has 10 nitrogen and oxygen atoms in total. The number of carbonyl (C=O) groups is 2. The van der Waals surface area contributed by atoms with Crippen molar-refractivity contribution in [3.8, 4) is 0 Å². The Morgan fingerprint density at radius 3 is 2.49 bits per heavy atom. The van der Waals surface area contributed by atoms with Gasteiger partial charge in [0.05, 0.1) is 23.2 Å². The minimum atomic E-state index is -1.88. The normalized spacial score (nSPS) is 23.2. The summed E-state index contributed by atoms with van der Waals surface area (Å²) < 4.78 is 10.5. The second kappa shape index (κ2) is 16.3. The maximum atomic E-state index is 13.1. The van der Waals surface area contributed by atoms with Gasteiger partial charge in [-0.15, -0.1) is 0 Å². The number of fused-ring (bicyclic) bond motifs is 1. The molecule has 53 heavy (non-hydrogen) atoms. The molecule has 0 bridgehead atoms. The first-order chi connectivity index (χ1) is 25.2. The van der Waals surface area contributed by atoms with Crippen molar-refractivity contribution in [3.63, 3.8) is 0 Å². The Morgan fingerprint density at radius 2 is 1.75 bits per heavy atom. The molecule has 12 heteroatoms. The summed E-state index contributed by atoms with van der Waals surface area (Å²) in [7, 11) is 0. The smallest absolute Gasteiger partial charge is 0.335 e. The fourth-order valence-electron chi connectivity index (χ4n) is 6.66. The Kier molecular flexibility index (Phi) is 11.9. The fourth-order valence-corrected chi connectivity index (χ4v) is 8.40. The second-order valence-corrected chi connectivity index (χ2v) is 16.2. The third-order valence-electron chi connectivity index (χ3n) is 9.88. The van der Waals surface area contributed by atoms with Gasteiger partial charge in [-0.1, -0.05) is 78.3 Å². The number of carbonyl (C=O) groups excluding carboxylic acids is 1. The van der Waals surface area contributed by atoms with Gasteiger partial charge in [-0.3, -0.25) is 4.79 Å². The average molecular weight is 762 g/mol. The van der Waals surface area contributed by atoms with Gasteiger partial charge in [0.1, 0.15) is 18.3 Å². The lowest BCUT2D eigenvalue weighted by Crippen LogP contribution is -2.60. The standard InChI is InChI=1S/C41H44ClNO9S/c1-40(2,50)30-9-4-3-7-25(30)13-17-32(27-8-5-6-24(20-27)10-15-29-16-12-26-11-14-28(42)21-31(26)43-29)53-23-41(18-19-41)22-33(44)51-39-36(47)34(45)35(46)37(52-39)38(48)49/h3-12,14-16,20-21,32,34-37,39,45-47,50H,13,17-19,22-23H2,1-2H3,(H,48,49)/b15-10+/t32-,34+,35+,36-,37+,39-/m1/s1. The molecule has 0 spiro atoms. The van der Waals surface area contributed by atoms with Crippen LogP contribution in [0.25, 0.3) is 23.1 Å². The molecule has 5 N–H and O–H groups in total. The number of hydrogen-bond donors (Lipinski definition) is 5. The Bertz CT molecular complexity index is 1980. The molecule has 1 saturated heterocycles. The largest absolute Gasteiger partial charge is 0.479 e. The third kappa shape index (κ3) is 9.66. The summed E-state index contributed by atoms with van der Waals surface area (Å²) in [6.07, 6.45) is -2.07. The molecule has 6 rings (SSSR count). The monoisotopic (exact) mass is 761 g/mol. The molecule has 0 amide bonds. The minimum Gasteiger partial charge on any atom is -0.479 e. The zero-order valence-electron chi connectivity index (χ0n) is 29.5. The number of thioether (sulfide) groups is 1. The molecule has 1 saturated carbocycles. The van der Waals surface area contributed by atoms with Gasteiger partial charge in [0.15, 0.2) is 6.10 Å². The van der Waals surface area contributed by atoms with Gasteiger partial charge >= 0.3 is 11.9 Å². The first-order valence-corrected chi connectivity index (χ1v) is 19.0. The summed E-state index contributed by atoms with van der Waals surface area (Å²) in [5.74, 6) is -1.60. The molecule has 0 radical (unpaired) electrons. The number of pyridine rings is 1. The van der Waals surface area contributed by atoms with Crippen molar-refractivity contribution in [2.75, 3.05) is 5.75 Å². The topological polar surface area (TPSA) is 167 Å². The lowest BCUT2D eigenvalue weighted by molar-refractivity contribution is -0.286. The van der Waals surface area contributed by atoms with Crippen LogP contribution in [0.2, 0.25) is 5.02 Å².